The van der Waals surface area contributed by atoms with Crippen LogP contribution in [0.1, 0.15) is 58.7 Å². The van der Waals surface area contributed by atoms with Crippen molar-refractivity contribution in [3.05, 3.63) is 11.3 Å². The van der Waals surface area contributed by atoms with Crippen LogP contribution in [0.2, 0.25) is 0 Å². The van der Waals surface area contributed by atoms with Crippen LogP contribution in [-0.2, 0) is 32.6 Å². The zero-order valence-electron chi connectivity index (χ0n) is 13.5. The number of carbonyl (C=O) groups is 1. The third-order valence-electron chi connectivity index (χ3n) is 3.90. The molecule has 0 bridgehead atoms. The van der Waals surface area contributed by atoms with E-state index in [9.17, 15) is 9.00 Å². The van der Waals surface area contributed by atoms with Gasteiger partial charge >= 0.3 is 0 Å². The number of hydrogen-bond acceptors (Lipinski definition) is 3. The minimum absolute atomic E-state index is 0.0101. The zero-order valence-corrected chi connectivity index (χ0v) is 14.3. The molecule has 0 radical (unpaired) electrons. The van der Waals surface area contributed by atoms with E-state index in [1.807, 2.05) is 18.5 Å². The van der Waals surface area contributed by atoms with Crippen molar-refractivity contribution >= 4 is 22.5 Å². The molecule has 1 aromatic rings. The molecule has 0 spiro atoms. The molecule has 1 aliphatic heterocycles. The van der Waals surface area contributed by atoms with Crippen molar-refractivity contribution in [2.45, 2.75) is 64.5 Å². The van der Waals surface area contributed by atoms with Crippen LogP contribution in [0, 0.1) is 5.92 Å². The van der Waals surface area contributed by atoms with Crippen molar-refractivity contribution in [1.82, 2.24) is 9.78 Å². The standard InChI is InChI=1S/C15H25N3O2S/c1-6-10(7-2)14(19)16-13-11-8-21(20)9-12(11)17-18(13)15(3,4)5/h10H,6-9H2,1-5H3,(H,16,19). The summed E-state index contributed by atoms with van der Waals surface area (Å²) in [7, 11) is -0.890. The van der Waals surface area contributed by atoms with Gasteiger partial charge < -0.3 is 5.32 Å². The molecule has 0 aliphatic carbocycles. The third-order valence-corrected chi connectivity index (χ3v) is 5.11. The molecule has 1 aromatic heterocycles. The molecule has 0 fully saturated rings. The highest BCUT2D eigenvalue weighted by Gasteiger charge is 2.32. The van der Waals surface area contributed by atoms with Crippen molar-refractivity contribution in [2.24, 2.45) is 5.92 Å². The molecule has 1 atom stereocenters. The van der Waals surface area contributed by atoms with Gasteiger partial charge in [-0.25, -0.2) is 4.68 Å². The maximum atomic E-state index is 12.4. The maximum Gasteiger partial charge on any atom is 0.228 e. The van der Waals surface area contributed by atoms with Gasteiger partial charge in [-0.15, -0.1) is 0 Å². The molecule has 1 amide bonds. The van der Waals surface area contributed by atoms with Crippen molar-refractivity contribution < 1.29 is 9.00 Å². The number of nitrogens with zero attached hydrogens (tertiary/aromatic N) is 2. The fourth-order valence-electron chi connectivity index (χ4n) is 2.62. The normalized spacial score (nSPS) is 18.1. The Morgan fingerprint density at radius 3 is 2.48 bits per heavy atom. The quantitative estimate of drug-likeness (QED) is 0.930. The topological polar surface area (TPSA) is 64.0 Å². The van der Waals surface area contributed by atoms with Gasteiger partial charge in [-0.05, 0) is 33.6 Å². The first-order valence-electron chi connectivity index (χ1n) is 7.55. The van der Waals surface area contributed by atoms with E-state index in [-0.39, 0.29) is 17.4 Å². The highest BCUT2D eigenvalue weighted by atomic mass is 32.2. The Labute approximate surface area is 128 Å². The molecule has 21 heavy (non-hydrogen) atoms. The Morgan fingerprint density at radius 1 is 1.33 bits per heavy atom. The van der Waals surface area contributed by atoms with Crippen LogP contribution in [-0.4, -0.2) is 19.9 Å². The number of nitrogens with one attached hydrogen (secondary N) is 1. The number of carbonyl (C=O) groups excluding carboxylic acids is 1. The van der Waals surface area contributed by atoms with Crippen LogP contribution < -0.4 is 5.32 Å². The zero-order chi connectivity index (χ0) is 15.8. The second-order valence-corrected chi connectivity index (χ2v) is 8.04. The summed E-state index contributed by atoms with van der Waals surface area (Å²) in [5, 5.41) is 7.63. The Morgan fingerprint density at radius 2 is 1.95 bits per heavy atom. The van der Waals surface area contributed by atoms with E-state index in [4.69, 9.17) is 0 Å². The first-order valence-corrected chi connectivity index (χ1v) is 9.03. The van der Waals surface area contributed by atoms with E-state index < -0.39 is 10.8 Å². The van der Waals surface area contributed by atoms with Gasteiger partial charge in [-0.2, -0.15) is 5.10 Å². The van der Waals surface area contributed by atoms with E-state index >= 15 is 0 Å². The lowest BCUT2D eigenvalue weighted by molar-refractivity contribution is -0.120. The monoisotopic (exact) mass is 311 g/mol. The summed E-state index contributed by atoms with van der Waals surface area (Å²) >= 11 is 0. The SMILES string of the molecule is CCC(CC)C(=O)Nc1c2c(nn1C(C)(C)C)CS(=O)C2. The summed E-state index contributed by atoms with van der Waals surface area (Å²) in [5.74, 6) is 1.76. The number of hydrogen-bond donors (Lipinski definition) is 1. The fraction of sp³-hybridized carbons (Fsp3) is 0.733. The largest absolute Gasteiger partial charge is 0.310 e. The van der Waals surface area contributed by atoms with Gasteiger partial charge in [0.25, 0.3) is 0 Å². The van der Waals surface area contributed by atoms with Crippen molar-refractivity contribution in [1.29, 1.82) is 0 Å². The first kappa shape index (κ1) is 16.2. The lowest BCUT2D eigenvalue weighted by Gasteiger charge is -2.24. The molecule has 5 nitrogen and oxygen atoms in total. The molecule has 6 heteroatoms. The lowest BCUT2D eigenvalue weighted by atomic mass is 10.0. The molecule has 1 N–H and O–H groups in total. The third kappa shape index (κ3) is 3.20. The Balaban J connectivity index is 2.38. The summed E-state index contributed by atoms with van der Waals surface area (Å²) in [6, 6.07) is 0. The number of aromatic nitrogens is 2. The van der Waals surface area contributed by atoms with Gasteiger partial charge in [0.05, 0.1) is 22.7 Å². The minimum atomic E-state index is -0.890. The molecule has 0 aromatic carbocycles. The highest BCUT2D eigenvalue weighted by Crippen LogP contribution is 2.33. The molecule has 118 valence electrons. The molecule has 2 rings (SSSR count). The molecule has 1 aliphatic rings. The van der Waals surface area contributed by atoms with E-state index in [0.29, 0.717) is 11.5 Å². The van der Waals surface area contributed by atoms with E-state index in [2.05, 4.69) is 31.2 Å². The van der Waals surface area contributed by atoms with Crippen molar-refractivity contribution in [3.63, 3.8) is 0 Å². The summed E-state index contributed by atoms with van der Waals surface area (Å²) in [5.41, 5.74) is 1.59. The second kappa shape index (κ2) is 5.91. The average molecular weight is 311 g/mol. The van der Waals surface area contributed by atoms with Gasteiger partial charge in [0.2, 0.25) is 5.91 Å². The number of amides is 1. The number of rotatable bonds is 4. The maximum absolute atomic E-state index is 12.4. The highest BCUT2D eigenvalue weighted by molar-refractivity contribution is 7.83. The van der Waals surface area contributed by atoms with Crippen LogP contribution in [0.4, 0.5) is 5.82 Å². The second-order valence-electron chi connectivity index (χ2n) is 6.59. The summed E-state index contributed by atoms with van der Waals surface area (Å²) < 4.78 is 13.6. The molecule has 2 heterocycles. The molecule has 0 saturated heterocycles. The molecular formula is C15H25N3O2S. The van der Waals surface area contributed by atoms with Crippen molar-refractivity contribution in [2.75, 3.05) is 5.32 Å². The summed E-state index contributed by atoms with van der Waals surface area (Å²) in [6.45, 7) is 10.2. The van der Waals surface area contributed by atoms with Crippen LogP contribution in [0.15, 0.2) is 0 Å². The van der Waals surface area contributed by atoms with Crippen LogP contribution >= 0.6 is 0 Å². The Bertz CT molecular complexity index is 568. The molecule has 1 unspecified atom stereocenters. The predicted octanol–water partition coefficient (Wildman–Crippen LogP) is 2.78. The van der Waals surface area contributed by atoms with Gasteiger partial charge in [0.1, 0.15) is 5.82 Å². The smallest absolute Gasteiger partial charge is 0.228 e. The van der Waals surface area contributed by atoms with Gasteiger partial charge in [-0.3, -0.25) is 9.00 Å². The van der Waals surface area contributed by atoms with E-state index in [1.54, 1.807) is 0 Å². The van der Waals surface area contributed by atoms with E-state index in [0.717, 1.165) is 29.9 Å². The van der Waals surface area contributed by atoms with Gasteiger partial charge in [0, 0.05) is 22.3 Å². The Hall–Kier alpha value is -1.17. The number of fused-ring (bicyclic) bond motifs is 1. The summed E-state index contributed by atoms with van der Waals surface area (Å²) in [4.78, 5) is 12.4. The van der Waals surface area contributed by atoms with E-state index in [1.165, 1.54) is 0 Å². The van der Waals surface area contributed by atoms with Crippen LogP contribution in [0.25, 0.3) is 0 Å². The molecular weight excluding hydrogens is 286 g/mol. The van der Waals surface area contributed by atoms with Crippen LogP contribution in [0.3, 0.4) is 0 Å². The van der Waals surface area contributed by atoms with Gasteiger partial charge in [0.15, 0.2) is 0 Å². The minimum Gasteiger partial charge on any atom is -0.310 e. The summed E-state index contributed by atoms with van der Waals surface area (Å²) in [6.07, 6.45) is 1.64. The fourth-order valence-corrected chi connectivity index (χ4v) is 3.88. The molecule has 0 saturated carbocycles. The van der Waals surface area contributed by atoms with Crippen LogP contribution in [0.5, 0.6) is 0 Å². The predicted molar refractivity (Wildman–Crippen MR) is 85.5 cm³/mol. The van der Waals surface area contributed by atoms with Gasteiger partial charge in [-0.1, -0.05) is 13.8 Å². The number of anilines is 1. The lowest BCUT2D eigenvalue weighted by Crippen LogP contribution is -2.29. The van der Waals surface area contributed by atoms with Crippen molar-refractivity contribution in [3.8, 4) is 0 Å². The Kier molecular flexibility index (Phi) is 4.56. The first-order chi connectivity index (χ1) is 9.77. The average Bonchev–Trinajstić information content (AvgIpc) is 2.88.